The fourth-order valence-corrected chi connectivity index (χ4v) is 9.67. The number of thiocarbonyl (C=S) groups is 1. The lowest BCUT2D eigenvalue weighted by atomic mass is 9.89. The van der Waals surface area contributed by atoms with Crippen LogP contribution in [0.5, 0.6) is 0 Å². The molecule has 0 aromatic heterocycles. The largest absolute Gasteiger partial charge is 0.480 e. The first-order valence-electron chi connectivity index (χ1n) is 25.2. The maximum absolute atomic E-state index is 14.6. The Morgan fingerprint density at radius 2 is 1.42 bits per heavy atom. The number of nitrogens with one attached hydrogen (secondary N) is 2. The lowest BCUT2D eigenvalue weighted by molar-refractivity contribution is -0.148. The van der Waals surface area contributed by atoms with Crippen LogP contribution < -0.4 is 10.6 Å². The Hall–Kier alpha value is -4.86. The summed E-state index contributed by atoms with van der Waals surface area (Å²) in [6.45, 7) is 15.2. The first-order valence-corrected chi connectivity index (χ1v) is 25.6. The molecule has 1 saturated heterocycles. The minimum absolute atomic E-state index is 0.0122. The number of amides is 6. The third kappa shape index (κ3) is 18.0. The summed E-state index contributed by atoms with van der Waals surface area (Å²) in [5.41, 5.74) is 0.852. The molecule has 404 valence electrons. The monoisotopic (exact) mass is 1030 g/mol. The molecule has 20 heteroatoms. The number of methoxy groups -OCH3 is 2. The number of carbonyl (C=O) groups excluding carboxylic acids is 6. The lowest BCUT2D eigenvalue weighted by Gasteiger charge is -2.41. The highest BCUT2D eigenvalue weighted by Gasteiger charge is 2.43. The average molecular weight is 1030 g/mol. The highest BCUT2D eigenvalue weighted by atomic mass is 32.1. The van der Waals surface area contributed by atoms with E-state index < -0.39 is 54.2 Å². The molecule has 3 N–H and O–H groups in total. The molecular weight excluding hydrogens is 949 g/mol. The Bertz CT molecular complexity index is 1960. The summed E-state index contributed by atoms with van der Waals surface area (Å²) < 4.78 is 28.7. The number of carbonyl (C=O) groups is 7. The smallest absolute Gasteiger partial charge is 0.326 e. The molecule has 19 nitrogen and oxygen atoms in total. The van der Waals surface area contributed by atoms with Crippen molar-refractivity contribution in [2.75, 3.05) is 81.0 Å². The molecule has 2 aliphatic rings. The first-order chi connectivity index (χ1) is 34.2. The lowest BCUT2D eigenvalue weighted by Crippen LogP contribution is -2.60. The van der Waals surface area contributed by atoms with Crippen LogP contribution in [0.1, 0.15) is 86.1 Å². The topological polar surface area (TPSA) is 223 Å². The Morgan fingerprint density at radius 3 is 1.96 bits per heavy atom. The van der Waals surface area contributed by atoms with Crippen LogP contribution in [0, 0.1) is 23.7 Å². The van der Waals surface area contributed by atoms with E-state index in [1.54, 1.807) is 31.0 Å². The molecular formula is C52H82N6O13S. The van der Waals surface area contributed by atoms with Crippen LogP contribution in [0.3, 0.4) is 0 Å². The summed E-state index contributed by atoms with van der Waals surface area (Å²) in [7, 11) is 6.33. The van der Waals surface area contributed by atoms with E-state index in [4.69, 9.17) is 35.9 Å². The highest BCUT2D eigenvalue weighted by Crippen LogP contribution is 2.30. The van der Waals surface area contributed by atoms with Gasteiger partial charge in [-0.3, -0.25) is 33.7 Å². The van der Waals surface area contributed by atoms with Gasteiger partial charge in [0.1, 0.15) is 18.1 Å². The summed E-state index contributed by atoms with van der Waals surface area (Å²) in [5.74, 6) is -4.26. The van der Waals surface area contributed by atoms with Crippen LogP contribution in [0.4, 0.5) is 0 Å². The number of carboxylic acid groups (broad SMARTS) is 1. The number of likely N-dealkylation sites (N-methyl/N-ethyl adjacent to an activating group) is 2. The molecule has 0 radical (unpaired) electrons. The van der Waals surface area contributed by atoms with Crippen LogP contribution in [-0.4, -0.2) is 195 Å². The molecule has 0 bridgehead atoms. The van der Waals surface area contributed by atoms with E-state index in [1.165, 1.54) is 24.2 Å². The van der Waals surface area contributed by atoms with Gasteiger partial charge in [-0.1, -0.05) is 97.4 Å². The molecule has 1 aromatic carbocycles. The van der Waals surface area contributed by atoms with E-state index in [2.05, 4.69) is 10.6 Å². The van der Waals surface area contributed by atoms with Gasteiger partial charge in [0.25, 0.3) is 11.8 Å². The minimum atomic E-state index is -1.03. The van der Waals surface area contributed by atoms with Gasteiger partial charge in [-0.2, -0.15) is 0 Å². The normalized spacial score (nSPS) is 18.1. The van der Waals surface area contributed by atoms with Crippen molar-refractivity contribution in [2.24, 2.45) is 23.7 Å². The summed E-state index contributed by atoms with van der Waals surface area (Å²) in [5, 5.41) is 16.1. The van der Waals surface area contributed by atoms with Crippen LogP contribution in [-0.2, 0) is 63.7 Å². The Kier molecular flexibility index (Phi) is 26.5. The Balaban J connectivity index is 1.60. The van der Waals surface area contributed by atoms with Crippen molar-refractivity contribution in [3.05, 3.63) is 48.0 Å². The van der Waals surface area contributed by atoms with E-state index in [0.717, 1.165) is 16.9 Å². The molecule has 2 heterocycles. The second kappa shape index (κ2) is 31.0. The van der Waals surface area contributed by atoms with Crippen molar-refractivity contribution in [1.29, 1.82) is 0 Å². The molecule has 6 amide bonds. The first kappa shape index (κ1) is 61.4. The third-order valence-corrected chi connectivity index (χ3v) is 14.2. The predicted molar refractivity (Wildman–Crippen MR) is 275 cm³/mol. The predicted octanol–water partition coefficient (Wildman–Crippen LogP) is 3.51. The maximum Gasteiger partial charge on any atom is 0.326 e. The van der Waals surface area contributed by atoms with Crippen molar-refractivity contribution < 1.29 is 62.4 Å². The van der Waals surface area contributed by atoms with Crippen molar-refractivity contribution in [3.63, 3.8) is 0 Å². The van der Waals surface area contributed by atoms with Crippen molar-refractivity contribution >= 4 is 58.6 Å². The van der Waals surface area contributed by atoms with E-state index in [1.807, 2.05) is 78.8 Å². The van der Waals surface area contributed by atoms with Gasteiger partial charge in [0, 0.05) is 59.4 Å². The number of hydrogen-bond acceptors (Lipinski definition) is 13. The number of ether oxygens (including phenoxy) is 5. The van der Waals surface area contributed by atoms with Gasteiger partial charge in [0.2, 0.25) is 23.6 Å². The minimum Gasteiger partial charge on any atom is -0.480 e. The van der Waals surface area contributed by atoms with Gasteiger partial charge in [-0.25, -0.2) is 4.79 Å². The van der Waals surface area contributed by atoms with E-state index >= 15 is 0 Å². The molecule has 0 spiro atoms. The van der Waals surface area contributed by atoms with Crippen molar-refractivity contribution in [3.8, 4) is 0 Å². The van der Waals surface area contributed by atoms with Gasteiger partial charge >= 0.3 is 5.97 Å². The fraction of sp³-hybridized carbons (Fsp3) is 0.692. The molecule has 9 atom stereocenters. The molecule has 3 rings (SSSR count). The van der Waals surface area contributed by atoms with Crippen LogP contribution >= 0.6 is 12.2 Å². The van der Waals surface area contributed by atoms with Gasteiger partial charge in [-0.15, -0.1) is 0 Å². The molecule has 0 unspecified atom stereocenters. The zero-order valence-corrected chi connectivity index (χ0v) is 45.2. The van der Waals surface area contributed by atoms with Crippen molar-refractivity contribution in [2.45, 2.75) is 129 Å². The number of aliphatic carboxylic acids is 1. The number of nitrogens with zero attached hydrogens (tertiary/aromatic N) is 4. The highest BCUT2D eigenvalue weighted by molar-refractivity contribution is 7.80. The van der Waals surface area contributed by atoms with Gasteiger partial charge in [0.05, 0.1) is 88.3 Å². The SMILES string of the molecule is CC[C@H](C)[C@@H]([C@@H](CC(=O)N1CCC[C@H]1[C@H](OC)[C@@H](C)C(=S)N[C@@H](Cc1ccccc1)C(=O)O)OC)N(C)C(=O)[C@@H](NC(=O)[C@H](C(C)C)N(C)C(=O)CCOCCOCCOCCN1C(=O)C=CC1=O)C(C)C. The van der Waals surface area contributed by atoms with E-state index in [9.17, 15) is 38.7 Å². The van der Waals surface area contributed by atoms with Gasteiger partial charge in [0.15, 0.2) is 0 Å². The number of imide groups is 1. The standard InChI is InChI=1S/C52H82N6O13S/c1-12-35(6)47(40(67-10)32-44(62)57-23-16-19-39(57)48(68-11)36(7)50(72)53-38(52(65)66)31-37-17-14-13-15-18-37)56(9)51(64)45(33(2)3)54-49(63)46(34(4)5)55(8)41(59)22-25-69-27-29-71-30-28-70-26-24-58-42(60)20-21-43(58)61/h13-15,17-18,20-21,33-36,38-40,45-48H,12,16,19,22-32H2,1-11H3,(H,53,72)(H,54,63)(H,65,66)/t35-,36+,38-,39-,40+,45-,46-,47-,48+/m0/s1. The summed E-state index contributed by atoms with van der Waals surface area (Å²) in [4.78, 5) is 98.2. The zero-order chi connectivity index (χ0) is 53.7. The second-order valence-corrected chi connectivity index (χ2v) is 19.8. The number of benzene rings is 1. The summed E-state index contributed by atoms with van der Waals surface area (Å²) in [6.07, 6.45) is 3.45. The number of hydrogen-bond donors (Lipinski definition) is 3. The summed E-state index contributed by atoms with van der Waals surface area (Å²) >= 11 is 5.78. The van der Waals surface area contributed by atoms with E-state index in [-0.39, 0.29) is 119 Å². The van der Waals surface area contributed by atoms with E-state index in [0.29, 0.717) is 24.4 Å². The number of carboxylic acids is 1. The molecule has 2 aliphatic heterocycles. The second-order valence-electron chi connectivity index (χ2n) is 19.4. The van der Waals surface area contributed by atoms with Crippen LogP contribution in [0.25, 0.3) is 0 Å². The number of rotatable bonds is 33. The van der Waals surface area contributed by atoms with Crippen LogP contribution in [0.2, 0.25) is 0 Å². The molecule has 1 aromatic rings. The van der Waals surface area contributed by atoms with Crippen molar-refractivity contribution in [1.82, 2.24) is 30.2 Å². The molecule has 1 fully saturated rings. The molecule has 72 heavy (non-hydrogen) atoms. The quantitative estimate of drug-likeness (QED) is 0.0521. The molecule has 0 saturated carbocycles. The Labute approximate surface area is 432 Å². The van der Waals surface area contributed by atoms with Gasteiger partial charge < -0.3 is 54.1 Å². The number of likely N-dealkylation sites (tertiary alicyclic amines) is 1. The zero-order valence-electron chi connectivity index (χ0n) is 44.3. The van der Waals surface area contributed by atoms with Crippen LogP contribution in [0.15, 0.2) is 42.5 Å². The van der Waals surface area contributed by atoms with Gasteiger partial charge in [-0.05, 0) is 36.2 Å². The molecule has 0 aliphatic carbocycles. The Morgan fingerprint density at radius 1 is 0.819 bits per heavy atom. The third-order valence-electron chi connectivity index (χ3n) is 13.7. The maximum atomic E-state index is 14.6. The average Bonchev–Trinajstić information content (AvgIpc) is 3.96. The summed E-state index contributed by atoms with van der Waals surface area (Å²) in [6, 6.07) is 5.58. The fourth-order valence-electron chi connectivity index (χ4n) is 9.40.